The molecule has 0 bridgehead atoms. The topological polar surface area (TPSA) is 711 Å². The van der Waals surface area contributed by atoms with E-state index >= 15 is 0 Å². The Balaban J connectivity index is 0.0000209. The van der Waals surface area contributed by atoms with Crippen LogP contribution in [0.4, 0.5) is 0 Å². The molecule has 6 heterocycles. The minimum Gasteiger partial charge on any atom is -0.547 e. The van der Waals surface area contributed by atoms with Gasteiger partial charge in [0.15, 0.2) is 43.7 Å². The summed E-state index contributed by atoms with van der Waals surface area (Å²) in [5.41, 5.74) is 14.6. The maximum Gasteiger partial charge on any atom is 1.00 e. The molecule has 0 radical (unpaired) electrons. The Labute approximate surface area is 636 Å². The number of aliphatic carboxylic acids is 1. The van der Waals surface area contributed by atoms with Crippen LogP contribution in [-0.2, 0) is 110 Å². The fourth-order valence-electron chi connectivity index (χ4n) is 12.2. The number of carbonyl (C=O) groups is 11. The van der Waals surface area contributed by atoms with Crippen LogP contribution in [0.25, 0.3) is 0 Å². The summed E-state index contributed by atoms with van der Waals surface area (Å²) < 4.78 is 69.7. The van der Waals surface area contributed by atoms with E-state index in [9.17, 15) is 119 Å². The average molecular weight is 1570 g/mol. The van der Waals surface area contributed by atoms with Gasteiger partial charge in [0.05, 0.1) is 37.9 Å². The monoisotopic (exact) mass is 1570 g/mol. The Bertz CT molecular complexity index is 3070. The quantitative estimate of drug-likeness (QED) is 0.00765. The number of hydrogen-bond acceptors (Lipinski definition) is 37. The summed E-state index contributed by atoms with van der Waals surface area (Å²) in [6.45, 7) is 5.96. The van der Waals surface area contributed by atoms with Gasteiger partial charge in [-0.3, -0.25) is 85.9 Å². The van der Waals surface area contributed by atoms with Gasteiger partial charge in [-0.05, 0) is 39.5 Å². The molecule has 0 saturated carbocycles. The first kappa shape index (κ1) is 92.5. The van der Waals surface area contributed by atoms with Gasteiger partial charge in [-0.2, -0.15) is 0 Å². The molecule has 24 N–H and O–H groups in total. The number of nitrogens with one attached hydrogen (secondary N) is 10. The van der Waals surface area contributed by atoms with Gasteiger partial charge in [0, 0.05) is 59.1 Å². The van der Waals surface area contributed by atoms with E-state index in [-0.39, 0.29) is 86.5 Å². The molecule has 6 aliphatic rings. The molecule has 0 aliphatic carbocycles. The fraction of sp³-hybridized carbons (Fsp3) is 0.783. The number of carboxylic acids is 1. The Kier molecular flexibility index (Phi) is 36.9. The van der Waals surface area contributed by atoms with Crippen molar-refractivity contribution in [2.24, 2.45) is 5.84 Å². The number of aliphatic hydroxyl groups excluding tert-OH is 12. The van der Waals surface area contributed by atoms with Gasteiger partial charge in [0.2, 0.25) is 41.4 Å². The van der Waals surface area contributed by atoms with Crippen LogP contribution >= 0.6 is 0 Å². The van der Waals surface area contributed by atoms with Crippen molar-refractivity contribution in [3.05, 3.63) is 12.2 Å². The summed E-state index contributed by atoms with van der Waals surface area (Å²) in [7, 11) is 0.997. The Morgan fingerprint density at radius 2 is 0.722 bits per heavy atom. The molecule has 10 amide bonds. The van der Waals surface area contributed by atoms with Gasteiger partial charge >= 0.3 is 29.6 Å². The number of hydrogen-bond donors (Lipinski definition) is 23. The van der Waals surface area contributed by atoms with Crippen molar-refractivity contribution in [2.75, 3.05) is 26.9 Å². The molecular formula is C60H96N11NaO36. The van der Waals surface area contributed by atoms with Crippen LogP contribution in [-0.4, -0.2) is 337 Å². The van der Waals surface area contributed by atoms with Crippen LogP contribution in [0, 0.1) is 0 Å². The molecule has 30 unspecified atom stereocenters. The second kappa shape index (κ2) is 43.1. The first-order valence-electron chi connectivity index (χ1n) is 33.6. The number of hydrazine groups is 4. The van der Waals surface area contributed by atoms with Crippen molar-refractivity contribution < 1.29 is 206 Å². The molecule has 0 aromatic carbocycles. The Morgan fingerprint density at radius 1 is 0.407 bits per heavy atom. The van der Waals surface area contributed by atoms with E-state index in [2.05, 4.69) is 49.7 Å². The van der Waals surface area contributed by atoms with Crippen molar-refractivity contribution in [1.82, 2.24) is 53.9 Å². The minimum atomic E-state index is -2.60. The number of nitrogens with two attached hydrogens (primary N) is 1. The van der Waals surface area contributed by atoms with Crippen molar-refractivity contribution in [1.29, 1.82) is 0 Å². The largest absolute Gasteiger partial charge is 1.00 e. The van der Waals surface area contributed by atoms with Crippen molar-refractivity contribution in [3.8, 4) is 0 Å². The van der Waals surface area contributed by atoms with Crippen LogP contribution in [0.5, 0.6) is 0 Å². The summed E-state index contributed by atoms with van der Waals surface area (Å²) in [6.07, 6.45) is -58.6. The molecule has 0 aromatic rings. The molecule has 30 atom stereocenters. The van der Waals surface area contributed by atoms with Crippen molar-refractivity contribution in [2.45, 2.75) is 270 Å². The summed E-state index contributed by atoms with van der Waals surface area (Å²) in [4.78, 5) is 141. The Morgan fingerprint density at radius 3 is 1.07 bits per heavy atom. The number of ether oxygens (including phenoxy) is 12. The van der Waals surface area contributed by atoms with Crippen LogP contribution < -0.4 is 94.4 Å². The SMILES string of the molecule is C=C(C)C(=O)NNC(=O)CCCCC(=O)NNC(=O)C1OC(OC2C(O)C(CO)OC(OC3C(C(=O)NNC(=O)CCCCC(=O)NN)OC(OC4C(O)C(CO)OC(OC5C(C(=O)[O-])OC(OC6C(O)C(CO)OC(C)C6NC(C)=O)C(O)C5O)C4NC(C)=O)C(O)C3O)C2NC(C)=O)C(O)C(O)C1OC.[Na+]. The van der Waals surface area contributed by atoms with Crippen LogP contribution in [0.2, 0.25) is 0 Å². The number of amides is 10. The van der Waals surface area contributed by atoms with Gasteiger partial charge < -0.3 is 144 Å². The average Bonchev–Trinajstić information content (AvgIpc) is 0.776. The molecule has 47 nitrogen and oxygen atoms in total. The van der Waals surface area contributed by atoms with Gasteiger partial charge in [0.1, 0.15) is 128 Å². The van der Waals surface area contributed by atoms with Crippen LogP contribution in [0.15, 0.2) is 12.2 Å². The molecule has 6 rings (SSSR count). The number of aliphatic hydroxyl groups is 12. The summed E-state index contributed by atoms with van der Waals surface area (Å²) in [5.74, 6) is -6.08. The minimum absolute atomic E-state index is 0. The zero-order chi connectivity index (χ0) is 79.6. The first-order chi connectivity index (χ1) is 50.5. The van der Waals surface area contributed by atoms with E-state index in [0.717, 1.165) is 27.9 Å². The predicted octanol–water partition coefficient (Wildman–Crippen LogP) is -18.0. The van der Waals surface area contributed by atoms with Gasteiger partial charge in [0.25, 0.3) is 17.7 Å². The second-order valence-corrected chi connectivity index (χ2v) is 25.7. The Hall–Kier alpha value is -6.09. The van der Waals surface area contributed by atoms with Crippen molar-refractivity contribution in [3.63, 3.8) is 0 Å². The molecule has 0 spiro atoms. The van der Waals surface area contributed by atoms with E-state index in [0.29, 0.717) is 0 Å². The fourth-order valence-corrected chi connectivity index (χ4v) is 12.2. The first-order valence-corrected chi connectivity index (χ1v) is 33.6. The summed E-state index contributed by atoms with van der Waals surface area (Å²) in [6, 6.07) is -5.36. The number of carbonyl (C=O) groups excluding carboxylic acids is 11. The number of methoxy groups -OCH3 is 1. The molecule has 6 fully saturated rings. The number of rotatable bonds is 31. The van der Waals surface area contributed by atoms with E-state index in [1.807, 2.05) is 10.9 Å². The maximum atomic E-state index is 14.6. The maximum absolute atomic E-state index is 14.6. The van der Waals surface area contributed by atoms with Gasteiger partial charge in [-0.1, -0.05) is 6.58 Å². The van der Waals surface area contributed by atoms with Gasteiger partial charge in [-0.25, -0.2) is 5.84 Å². The van der Waals surface area contributed by atoms with E-state index in [1.165, 1.54) is 13.8 Å². The third-order valence-corrected chi connectivity index (χ3v) is 17.7. The third kappa shape index (κ3) is 24.2. The molecule has 608 valence electrons. The number of carboxylic acid groups (broad SMARTS) is 1. The van der Waals surface area contributed by atoms with Crippen LogP contribution in [0.1, 0.15) is 86.0 Å². The smallest absolute Gasteiger partial charge is 0.547 e. The van der Waals surface area contributed by atoms with E-state index < -0.39 is 269 Å². The standard InChI is InChI=1S/C60H97N11O36.Na/c1-19(2)52(91)69-66-28(79)14-10-11-15-30(81)67-70-53(92)49-46(96-7)37(85)40(88)58(105-49)101-44-32(63-22(5)76)56(98-25(17-73)35(44)83)103-47-38(86)41(89)59(106-50(47)54(93)71-68-29(80)13-9-8-12-27(78)65-61)102-45-33(64-23(6)77)57(99-26(18-74)36(45)84)104-48-39(87)42(90)60(107-51(48)55(94)95)100-43-31(62-21(4)75)20(3)97-24(16-72)34(43)82;/h20,24-26,31-51,56-60,72-74,82-90H,1,8-18,61H2,2-7H3,(H,62,75)(H,63,76)(H,64,77)(H,65,78)(H,66,79)(H,67,81)(H,68,80)(H,69,91)(H,70,92)(H,71,93)(H,94,95);/q;+1/p-1. The molecule has 108 heavy (non-hydrogen) atoms. The molecule has 48 heteroatoms. The van der Waals surface area contributed by atoms with E-state index in [4.69, 9.17) is 62.7 Å². The summed E-state index contributed by atoms with van der Waals surface area (Å²) in [5, 5.41) is 156. The zero-order valence-electron chi connectivity index (χ0n) is 59.5. The van der Waals surface area contributed by atoms with Crippen molar-refractivity contribution >= 4 is 65.0 Å². The molecule has 6 aliphatic heterocycles. The zero-order valence-corrected chi connectivity index (χ0v) is 61.5. The molecule has 0 aromatic heterocycles. The predicted molar refractivity (Wildman–Crippen MR) is 339 cm³/mol. The molecule has 6 saturated heterocycles. The molecular weight excluding hydrogens is 1470 g/mol. The normalized spacial score (nSPS) is 36.7. The third-order valence-electron chi connectivity index (χ3n) is 17.7. The van der Waals surface area contributed by atoms with Gasteiger partial charge in [-0.15, -0.1) is 0 Å². The van der Waals surface area contributed by atoms with E-state index in [1.54, 1.807) is 0 Å². The number of unbranched alkanes of at least 4 members (excludes halogenated alkanes) is 2. The second-order valence-electron chi connectivity index (χ2n) is 25.7. The van der Waals surface area contributed by atoms with Crippen LogP contribution in [0.3, 0.4) is 0 Å². The summed E-state index contributed by atoms with van der Waals surface area (Å²) >= 11 is 0.